The molecule has 33 heavy (non-hydrogen) atoms. The molecule has 0 aromatic heterocycles. The highest BCUT2D eigenvalue weighted by atomic mass is 32.2. The third-order valence-corrected chi connectivity index (χ3v) is 7.79. The number of ether oxygens (including phenoxy) is 1. The molecule has 0 radical (unpaired) electrons. The van der Waals surface area contributed by atoms with Crippen LogP contribution in [-0.4, -0.2) is 42.7 Å². The molecular formula is C24H28F2N2O4S. The van der Waals surface area contributed by atoms with Gasteiger partial charge in [0.15, 0.2) is 23.1 Å². The van der Waals surface area contributed by atoms with E-state index in [-0.39, 0.29) is 23.6 Å². The zero-order valence-electron chi connectivity index (χ0n) is 18.8. The molecular weight excluding hydrogens is 450 g/mol. The third kappa shape index (κ3) is 4.56. The van der Waals surface area contributed by atoms with Crippen molar-refractivity contribution in [2.45, 2.75) is 57.8 Å². The van der Waals surface area contributed by atoms with Crippen LogP contribution in [0.25, 0.3) is 0 Å². The SMILES string of the molecule is CC(C)Oc1cc(CN2CC[C@]3(C=CS(=O)(=O)N3c3ccc(F)c(F)c3)C[C@@H]2C)ccc1O. The molecule has 1 fully saturated rings. The highest BCUT2D eigenvalue weighted by Gasteiger charge is 2.49. The molecule has 2 aromatic rings. The van der Waals surface area contributed by atoms with E-state index >= 15 is 0 Å². The van der Waals surface area contributed by atoms with E-state index in [9.17, 15) is 22.3 Å². The second-order valence-electron chi connectivity index (χ2n) is 9.06. The van der Waals surface area contributed by atoms with Crippen LogP contribution in [0.1, 0.15) is 39.2 Å². The Morgan fingerprint density at radius 3 is 2.61 bits per heavy atom. The summed E-state index contributed by atoms with van der Waals surface area (Å²) in [4.78, 5) is 2.24. The first-order valence-electron chi connectivity index (χ1n) is 10.9. The number of anilines is 1. The van der Waals surface area contributed by atoms with Gasteiger partial charge in [0.1, 0.15) is 0 Å². The molecule has 0 aliphatic carbocycles. The number of phenols is 1. The smallest absolute Gasteiger partial charge is 0.258 e. The summed E-state index contributed by atoms with van der Waals surface area (Å²) >= 11 is 0. The fourth-order valence-corrected chi connectivity index (χ4v) is 6.41. The lowest BCUT2D eigenvalue weighted by Crippen LogP contribution is -2.56. The molecule has 0 bridgehead atoms. The van der Waals surface area contributed by atoms with Gasteiger partial charge in [-0.1, -0.05) is 6.07 Å². The number of piperidine rings is 1. The van der Waals surface area contributed by atoms with Crippen molar-refractivity contribution in [2.75, 3.05) is 10.8 Å². The maximum absolute atomic E-state index is 13.9. The van der Waals surface area contributed by atoms with Gasteiger partial charge in [0.05, 0.1) is 17.3 Å². The molecule has 4 rings (SSSR count). The Hall–Kier alpha value is -2.65. The second-order valence-corrected chi connectivity index (χ2v) is 10.7. The minimum absolute atomic E-state index is 0.00719. The van der Waals surface area contributed by atoms with E-state index in [1.807, 2.05) is 32.9 Å². The lowest BCUT2D eigenvalue weighted by molar-refractivity contribution is 0.119. The van der Waals surface area contributed by atoms with Gasteiger partial charge in [-0.15, -0.1) is 0 Å². The molecule has 178 valence electrons. The summed E-state index contributed by atoms with van der Waals surface area (Å²) in [6.07, 6.45) is 2.60. The van der Waals surface area contributed by atoms with E-state index < -0.39 is 27.2 Å². The first-order valence-corrected chi connectivity index (χ1v) is 12.4. The van der Waals surface area contributed by atoms with E-state index in [4.69, 9.17) is 4.74 Å². The number of phenolic OH excluding ortho intramolecular Hbond substituents is 1. The molecule has 2 aliphatic rings. The van der Waals surface area contributed by atoms with E-state index in [1.54, 1.807) is 12.1 Å². The van der Waals surface area contributed by atoms with Crippen molar-refractivity contribution in [1.29, 1.82) is 0 Å². The second kappa shape index (κ2) is 8.61. The number of likely N-dealkylation sites (tertiary alicyclic amines) is 1. The number of rotatable bonds is 5. The summed E-state index contributed by atoms with van der Waals surface area (Å²) in [5.74, 6) is -1.59. The highest BCUT2D eigenvalue weighted by molar-refractivity contribution is 7.96. The first-order chi connectivity index (χ1) is 15.5. The molecule has 1 spiro atoms. The summed E-state index contributed by atoms with van der Waals surface area (Å²) in [6.45, 7) is 7.01. The topological polar surface area (TPSA) is 70.1 Å². The minimum Gasteiger partial charge on any atom is -0.504 e. The molecule has 2 aromatic carbocycles. The first kappa shape index (κ1) is 23.5. The van der Waals surface area contributed by atoms with E-state index in [1.165, 1.54) is 10.4 Å². The number of hydrogen-bond acceptors (Lipinski definition) is 5. The predicted molar refractivity (Wildman–Crippen MR) is 123 cm³/mol. The monoisotopic (exact) mass is 478 g/mol. The van der Waals surface area contributed by atoms with Crippen molar-refractivity contribution in [1.82, 2.24) is 4.90 Å². The molecule has 2 aliphatic heterocycles. The quantitative estimate of drug-likeness (QED) is 0.683. The van der Waals surface area contributed by atoms with E-state index in [2.05, 4.69) is 4.90 Å². The van der Waals surface area contributed by atoms with Crippen molar-refractivity contribution < 1.29 is 27.0 Å². The summed E-state index contributed by atoms with van der Waals surface area (Å²) in [6, 6.07) is 8.47. The van der Waals surface area contributed by atoms with Crippen molar-refractivity contribution in [2.24, 2.45) is 0 Å². The molecule has 2 heterocycles. The third-order valence-electron chi connectivity index (χ3n) is 6.22. The fourth-order valence-electron chi connectivity index (χ4n) is 4.72. The number of aromatic hydroxyl groups is 1. The maximum atomic E-state index is 13.9. The fraction of sp³-hybridized carbons (Fsp3) is 0.417. The standard InChI is InChI=1S/C24H28F2N2O4S/c1-16(2)32-23-12-18(4-7-22(23)29)15-27-10-8-24(14-17(27)3)9-11-33(30,31)28(24)19-5-6-20(25)21(26)13-19/h4-7,9,11-13,16-17,29H,8,10,14-15H2,1-3H3/t17-,24-/m0/s1. The largest absolute Gasteiger partial charge is 0.504 e. The van der Waals surface area contributed by atoms with Gasteiger partial charge in [-0.2, -0.15) is 0 Å². The molecule has 0 saturated carbocycles. The lowest BCUT2D eigenvalue weighted by atomic mass is 9.83. The van der Waals surface area contributed by atoms with Gasteiger partial charge in [0.25, 0.3) is 10.0 Å². The van der Waals surface area contributed by atoms with Crippen molar-refractivity contribution in [3.05, 3.63) is 65.1 Å². The molecule has 0 unspecified atom stereocenters. The van der Waals surface area contributed by atoms with Crippen molar-refractivity contribution in [3.63, 3.8) is 0 Å². The van der Waals surface area contributed by atoms with Crippen LogP contribution in [-0.2, 0) is 16.6 Å². The summed E-state index contributed by atoms with van der Waals surface area (Å²) in [5, 5.41) is 11.2. The number of benzene rings is 2. The van der Waals surface area contributed by atoms with E-state index in [0.29, 0.717) is 31.7 Å². The van der Waals surface area contributed by atoms with Crippen LogP contribution >= 0.6 is 0 Å². The van der Waals surface area contributed by atoms with Crippen LogP contribution < -0.4 is 9.04 Å². The number of nitrogens with zero attached hydrogens (tertiary/aromatic N) is 2. The van der Waals surface area contributed by atoms with Crippen LogP contribution in [0.2, 0.25) is 0 Å². The van der Waals surface area contributed by atoms with Crippen LogP contribution in [0.15, 0.2) is 47.9 Å². The van der Waals surface area contributed by atoms with Gasteiger partial charge < -0.3 is 9.84 Å². The summed E-state index contributed by atoms with van der Waals surface area (Å²) in [7, 11) is -3.80. The van der Waals surface area contributed by atoms with E-state index in [0.717, 1.165) is 23.1 Å². The number of sulfonamides is 1. The maximum Gasteiger partial charge on any atom is 0.258 e. The van der Waals surface area contributed by atoms with Gasteiger partial charge in [0.2, 0.25) is 0 Å². The van der Waals surface area contributed by atoms with Gasteiger partial charge >= 0.3 is 0 Å². The van der Waals surface area contributed by atoms with Gasteiger partial charge in [-0.3, -0.25) is 9.21 Å². The highest BCUT2D eigenvalue weighted by Crippen LogP contribution is 2.43. The Balaban J connectivity index is 1.55. The van der Waals surface area contributed by atoms with Crippen LogP contribution in [0.3, 0.4) is 0 Å². The van der Waals surface area contributed by atoms with Crippen molar-refractivity contribution in [3.8, 4) is 11.5 Å². The van der Waals surface area contributed by atoms with Gasteiger partial charge in [-0.25, -0.2) is 17.2 Å². The summed E-state index contributed by atoms with van der Waals surface area (Å²) < 4.78 is 60.0. The minimum atomic E-state index is -3.80. The Bertz CT molecular complexity index is 1180. The number of halogens is 2. The molecule has 1 saturated heterocycles. The Morgan fingerprint density at radius 1 is 1.18 bits per heavy atom. The molecule has 6 nitrogen and oxygen atoms in total. The summed E-state index contributed by atoms with van der Waals surface area (Å²) in [5.41, 5.74) is 0.256. The van der Waals surface area contributed by atoms with Crippen LogP contribution in [0.5, 0.6) is 11.5 Å². The average Bonchev–Trinajstić information content (AvgIpc) is 2.98. The Morgan fingerprint density at radius 2 is 1.94 bits per heavy atom. The Kier molecular flexibility index (Phi) is 6.13. The van der Waals surface area contributed by atoms with Crippen LogP contribution in [0, 0.1) is 11.6 Å². The molecule has 9 heteroatoms. The van der Waals surface area contributed by atoms with Crippen LogP contribution in [0.4, 0.5) is 14.5 Å². The lowest BCUT2D eigenvalue weighted by Gasteiger charge is -2.47. The van der Waals surface area contributed by atoms with Gasteiger partial charge in [0, 0.05) is 30.6 Å². The Labute approximate surface area is 193 Å². The number of hydrogen-bond donors (Lipinski definition) is 1. The zero-order chi connectivity index (χ0) is 24.0. The zero-order valence-corrected chi connectivity index (χ0v) is 19.6. The normalized spacial score (nSPS) is 24.7. The average molecular weight is 479 g/mol. The van der Waals surface area contributed by atoms with Crippen molar-refractivity contribution >= 4 is 15.7 Å². The molecule has 0 amide bonds. The van der Waals surface area contributed by atoms with Gasteiger partial charge in [-0.05, 0) is 69.5 Å². The molecule has 1 N–H and O–H groups in total. The molecule has 2 atom stereocenters. The predicted octanol–water partition coefficient (Wildman–Crippen LogP) is 4.54.